The van der Waals surface area contributed by atoms with Crippen LogP contribution in [0.1, 0.15) is 17.5 Å². The van der Waals surface area contributed by atoms with Crippen molar-refractivity contribution in [3.8, 4) is 0 Å². The molecular weight excluding hydrogens is 434 g/mol. The predicted octanol–water partition coefficient (Wildman–Crippen LogP) is 3.04. The highest BCUT2D eigenvalue weighted by atomic mass is 19.4. The lowest BCUT2D eigenvalue weighted by Crippen LogP contribution is -2.38. The molecule has 2 heterocycles. The molecule has 0 spiro atoms. The van der Waals surface area contributed by atoms with Crippen molar-refractivity contribution in [1.82, 2.24) is 14.7 Å². The van der Waals surface area contributed by atoms with Gasteiger partial charge in [0.2, 0.25) is 0 Å². The third-order valence-corrected chi connectivity index (χ3v) is 4.96. The lowest BCUT2D eigenvalue weighted by atomic mass is 10.0. The quantitative estimate of drug-likeness (QED) is 0.481. The van der Waals surface area contributed by atoms with Crippen LogP contribution < -0.4 is 0 Å². The van der Waals surface area contributed by atoms with Gasteiger partial charge in [-0.2, -0.15) is 18.3 Å². The van der Waals surface area contributed by atoms with Crippen molar-refractivity contribution in [2.24, 2.45) is 7.05 Å². The van der Waals surface area contributed by atoms with E-state index in [-0.39, 0.29) is 18.0 Å². The van der Waals surface area contributed by atoms with Gasteiger partial charge in [0.15, 0.2) is 0 Å². The molecule has 3 rings (SSSR count). The Hall–Kier alpha value is -2.50. The number of benzene rings is 1. The average Bonchev–Trinajstić information content (AvgIpc) is 3.30. The van der Waals surface area contributed by atoms with Gasteiger partial charge in [-0.3, -0.25) is 9.58 Å². The summed E-state index contributed by atoms with van der Waals surface area (Å²) in [6, 6.07) is 7.04. The standard InChI is InChI=1S/C19H26FN3O2.C2HF3O2/c1-22-13-16(12-21-22)11-18-19(25-10-9-24-2)7-8-23(18)14-15-3-5-17(20)6-4-15;3-2(4,5)1(6)7/h3-6,12-13,18-19H,7-11,14H2,1-2H3;(H,6,7)/t18-,19-;/m0./s1. The number of aliphatic carboxylic acids is 1. The van der Waals surface area contributed by atoms with Crippen molar-refractivity contribution in [2.75, 3.05) is 26.9 Å². The van der Waals surface area contributed by atoms with Gasteiger partial charge in [-0.1, -0.05) is 12.1 Å². The van der Waals surface area contributed by atoms with E-state index in [0.29, 0.717) is 13.2 Å². The van der Waals surface area contributed by atoms with Gasteiger partial charge < -0.3 is 14.6 Å². The summed E-state index contributed by atoms with van der Waals surface area (Å²) in [4.78, 5) is 11.3. The van der Waals surface area contributed by atoms with Crippen LogP contribution in [0.25, 0.3) is 0 Å². The number of aryl methyl sites for hydroxylation is 1. The van der Waals surface area contributed by atoms with Gasteiger partial charge in [-0.05, 0) is 36.1 Å². The molecule has 1 fully saturated rings. The maximum atomic E-state index is 13.1. The monoisotopic (exact) mass is 461 g/mol. The number of halogens is 4. The number of nitrogens with zero attached hydrogens (tertiary/aromatic N) is 3. The molecule has 0 bridgehead atoms. The fraction of sp³-hybridized carbons (Fsp3) is 0.524. The molecule has 7 nitrogen and oxygen atoms in total. The molecule has 2 atom stereocenters. The Kier molecular flexibility index (Phi) is 9.60. The SMILES string of the molecule is COCCO[C@H]1CCN(Cc2ccc(F)cc2)[C@H]1Cc1cnn(C)c1.O=C(O)C(F)(F)F. The molecule has 1 saturated heterocycles. The molecule has 11 heteroatoms. The smallest absolute Gasteiger partial charge is 0.475 e. The molecule has 0 radical (unpaired) electrons. The van der Waals surface area contributed by atoms with Gasteiger partial charge in [-0.25, -0.2) is 9.18 Å². The Balaban J connectivity index is 0.000000451. The molecular formula is C21H27F4N3O4. The summed E-state index contributed by atoms with van der Waals surface area (Å²) >= 11 is 0. The maximum Gasteiger partial charge on any atom is 0.490 e. The molecule has 1 aliphatic heterocycles. The number of rotatable bonds is 8. The molecule has 0 saturated carbocycles. The van der Waals surface area contributed by atoms with Gasteiger partial charge in [0, 0.05) is 39.5 Å². The lowest BCUT2D eigenvalue weighted by molar-refractivity contribution is -0.192. The second-order valence-corrected chi connectivity index (χ2v) is 7.38. The number of hydrogen-bond donors (Lipinski definition) is 1. The fourth-order valence-electron chi connectivity index (χ4n) is 3.46. The van der Waals surface area contributed by atoms with E-state index >= 15 is 0 Å². The van der Waals surface area contributed by atoms with Crippen LogP contribution >= 0.6 is 0 Å². The zero-order valence-corrected chi connectivity index (χ0v) is 17.9. The largest absolute Gasteiger partial charge is 0.490 e. The van der Waals surface area contributed by atoms with Crippen molar-refractivity contribution in [1.29, 1.82) is 0 Å². The first-order chi connectivity index (χ1) is 15.1. The van der Waals surface area contributed by atoms with E-state index < -0.39 is 12.1 Å². The van der Waals surface area contributed by atoms with E-state index in [1.54, 1.807) is 7.11 Å². The Morgan fingerprint density at radius 1 is 1.22 bits per heavy atom. The Labute approximate surface area is 183 Å². The van der Waals surface area contributed by atoms with Gasteiger partial charge in [-0.15, -0.1) is 0 Å². The number of carbonyl (C=O) groups is 1. The second kappa shape index (κ2) is 11.9. The van der Waals surface area contributed by atoms with Crippen LogP contribution in [0, 0.1) is 5.82 Å². The number of methoxy groups -OCH3 is 1. The molecule has 0 amide bonds. The molecule has 178 valence electrons. The summed E-state index contributed by atoms with van der Waals surface area (Å²) in [5.41, 5.74) is 2.33. The number of aromatic nitrogens is 2. The summed E-state index contributed by atoms with van der Waals surface area (Å²) in [6.45, 7) is 2.98. The number of likely N-dealkylation sites (tertiary alicyclic amines) is 1. The molecule has 1 aromatic carbocycles. The summed E-state index contributed by atoms with van der Waals surface area (Å²) in [6.07, 6.45) is 0.958. The summed E-state index contributed by atoms with van der Waals surface area (Å²) in [7, 11) is 3.62. The van der Waals surface area contributed by atoms with Crippen LogP contribution in [-0.4, -0.2) is 70.9 Å². The highest BCUT2D eigenvalue weighted by Crippen LogP contribution is 2.26. The van der Waals surface area contributed by atoms with Crippen LogP contribution in [0.15, 0.2) is 36.7 Å². The topological polar surface area (TPSA) is 76.8 Å². The summed E-state index contributed by atoms with van der Waals surface area (Å²) < 4.78 is 57.9. The first-order valence-electron chi connectivity index (χ1n) is 9.96. The summed E-state index contributed by atoms with van der Waals surface area (Å²) in [5, 5.41) is 11.4. The minimum Gasteiger partial charge on any atom is -0.475 e. The van der Waals surface area contributed by atoms with Crippen molar-refractivity contribution in [3.63, 3.8) is 0 Å². The zero-order chi connectivity index (χ0) is 23.7. The van der Waals surface area contributed by atoms with Crippen LogP contribution in [0.3, 0.4) is 0 Å². The van der Waals surface area contributed by atoms with Gasteiger partial charge in [0.05, 0.1) is 25.5 Å². The third kappa shape index (κ3) is 8.21. The minimum atomic E-state index is -5.08. The number of alkyl halides is 3. The molecule has 0 aliphatic carbocycles. The summed E-state index contributed by atoms with van der Waals surface area (Å²) in [5.74, 6) is -2.95. The number of hydrogen-bond acceptors (Lipinski definition) is 5. The lowest BCUT2D eigenvalue weighted by Gasteiger charge is -2.28. The van der Waals surface area contributed by atoms with E-state index in [0.717, 1.165) is 31.5 Å². The minimum absolute atomic E-state index is 0.177. The van der Waals surface area contributed by atoms with E-state index in [1.807, 2.05) is 30.1 Å². The van der Waals surface area contributed by atoms with Crippen molar-refractivity contribution >= 4 is 5.97 Å². The number of ether oxygens (including phenoxy) is 2. The first kappa shape index (κ1) is 25.8. The molecule has 1 aliphatic rings. The highest BCUT2D eigenvalue weighted by molar-refractivity contribution is 5.73. The fourth-order valence-corrected chi connectivity index (χ4v) is 3.46. The van der Waals surface area contributed by atoms with Crippen LogP contribution in [0.5, 0.6) is 0 Å². The van der Waals surface area contributed by atoms with Crippen LogP contribution in [0.4, 0.5) is 17.6 Å². The average molecular weight is 461 g/mol. The molecule has 1 N–H and O–H groups in total. The molecule has 1 aromatic heterocycles. The van der Waals surface area contributed by atoms with Gasteiger partial charge in [0.25, 0.3) is 0 Å². The van der Waals surface area contributed by atoms with Gasteiger partial charge in [0.1, 0.15) is 5.82 Å². The van der Waals surface area contributed by atoms with Crippen molar-refractivity contribution in [2.45, 2.75) is 37.7 Å². The van der Waals surface area contributed by atoms with Crippen molar-refractivity contribution in [3.05, 3.63) is 53.6 Å². The second-order valence-electron chi connectivity index (χ2n) is 7.38. The maximum absolute atomic E-state index is 13.1. The number of carboxylic acid groups (broad SMARTS) is 1. The van der Waals surface area contributed by atoms with Crippen LogP contribution in [-0.2, 0) is 34.3 Å². The predicted molar refractivity (Wildman–Crippen MR) is 107 cm³/mol. The Morgan fingerprint density at radius 3 is 2.41 bits per heavy atom. The van der Waals surface area contributed by atoms with E-state index in [2.05, 4.69) is 16.2 Å². The van der Waals surface area contributed by atoms with Crippen molar-refractivity contribution < 1.29 is 36.9 Å². The van der Waals surface area contributed by atoms with E-state index in [9.17, 15) is 17.6 Å². The Morgan fingerprint density at radius 2 is 1.88 bits per heavy atom. The van der Waals surface area contributed by atoms with Crippen LogP contribution in [0.2, 0.25) is 0 Å². The first-order valence-corrected chi connectivity index (χ1v) is 9.96. The van der Waals surface area contributed by atoms with Gasteiger partial charge >= 0.3 is 12.1 Å². The zero-order valence-electron chi connectivity index (χ0n) is 17.9. The normalized spacial score (nSPS) is 18.9. The third-order valence-electron chi connectivity index (χ3n) is 4.96. The number of carboxylic acids is 1. The van der Waals surface area contributed by atoms with E-state index in [4.69, 9.17) is 19.4 Å². The highest BCUT2D eigenvalue weighted by Gasteiger charge is 2.38. The molecule has 2 aromatic rings. The molecule has 0 unspecified atom stereocenters. The van der Waals surface area contributed by atoms with E-state index in [1.165, 1.54) is 17.7 Å². The molecule has 32 heavy (non-hydrogen) atoms. The Bertz CT molecular complexity index is 842.